The zero-order valence-electron chi connectivity index (χ0n) is 19.0. The maximum atomic E-state index is 12.8. The second-order valence-electron chi connectivity index (χ2n) is 7.38. The molecule has 0 spiro atoms. The maximum absolute atomic E-state index is 12.8. The Kier molecular flexibility index (Phi) is 7.68. The van der Waals surface area contributed by atoms with Crippen molar-refractivity contribution in [2.24, 2.45) is 0 Å². The fourth-order valence-electron chi connectivity index (χ4n) is 3.37. The summed E-state index contributed by atoms with van der Waals surface area (Å²) in [6, 6.07) is 12.7. The van der Waals surface area contributed by atoms with Crippen molar-refractivity contribution < 1.29 is 28.6 Å². The van der Waals surface area contributed by atoms with E-state index in [0.717, 1.165) is 0 Å². The van der Waals surface area contributed by atoms with Crippen LogP contribution in [0.25, 0.3) is 0 Å². The van der Waals surface area contributed by atoms with Crippen LogP contribution < -0.4 is 15.4 Å². The van der Waals surface area contributed by atoms with Gasteiger partial charge in [0.15, 0.2) is 0 Å². The lowest BCUT2D eigenvalue weighted by Crippen LogP contribution is -2.46. The maximum Gasteiger partial charge on any atom is 0.338 e. The highest BCUT2D eigenvalue weighted by atomic mass is 16.6. The van der Waals surface area contributed by atoms with E-state index < -0.39 is 12.0 Å². The number of urea groups is 1. The lowest BCUT2D eigenvalue weighted by molar-refractivity contribution is -0.140. The van der Waals surface area contributed by atoms with Crippen molar-refractivity contribution >= 4 is 23.6 Å². The molecule has 1 aliphatic heterocycles. The second-order valence-corrected chi connectivity index (χ2v) is 7.38. The Hall–Kier alpha value is -3.85. The van der Waals surface area contributed by atoms with E-state index in [4.69, 9.17) is 14.2 Å². The molecule has 9 heteroatoms. The Bertz CT molecular complexity index is 1060. The number of nitrogens with zero attached hydrogens (tertiary/aromatic N) is 1. The van der Waals surface area contributed by atoms with Crippen molar-refractivity contribution in [3.63, 3.8) is 0 Å². The lowest BCUT2D eigenvalue weighted by atomic mass is 9.95. The number of carbonyl (C=O) groups is 3. The fourth-order valence-corrected chi connectivity index (χ4v) is 3.37. The third-order valence-corrected chi connectivity index (χ3v) is 5.33. The molecule has 0 bridgehead atoms. The molecular formula is C24H27N3O6. The first-order valence-corrected chi connectivity index (χ1v) is 10.3. The average Bonchev–Trinajstić information content (AvgIpc) is 2.83. The van der Waals surface area contributed by atoms with Crippen molar-refractivity contribution in [3.05, 3.63) is 70.9 Å². The summed E-state index contributed by atoms with van der Waals surface area (Å²) in [7, 11) is 4.64. The first-order chi connectivity index (χ1) is 15.8. The van der Waals surface area contributed by atoms with Gasteiger partial charge < -0.3 is 29.7 Å². The topological polar surface area (TPSA) is 106 Å². The Morgan fingerprint density at radius 1 is 1.09 bits per heavy atom. The molecule has 1 aliphatic rings. The largest absolute Gasteiger partial charge is 0.497 e. The molecule has 0 aromatic heterocycles. The molecule has 3 amide bonds. The van der Waals surface area contributed by atoms with Crippen LogP contribution in [0.1, 0.15) is 28.9 Å². The number of hydrogen-bond donors (Lipinski definition) is 2. The van der Waals surface area contributed by atoms with Crippen LogP contribution in [0.2, 0.25) is 0 Å². The van der Waals surface area contributed by atoms with Crippen LogP contribution in [0.3, 0.4) is 0 Å². The van der Waals surface area contributed by atoms with Gasteiger partial charge in [0.2, 0.25) is 0 Å². The second kappa shape index (κ2) is 10.6. The number of nitrogens with one attached hydrogen (secondary N) is 2. The van der Waals surface area contributed by atoms with Gasteiger partial charge in [0.25, 0.3) is 5.91 Å². The van der Waals surface area contributed by atoms with Crippen molar-refractivity contribution in [2.75, 3.05) is 39.8 Å². The first-order valence-electron chi connectivity index (χ1n) is 10.3. The number of benzene rings is 2. The summed E-state index contributed by atoms with van der Waals surface area (Å²) in [6.07, 6.45) is 0. The van der Waals surface area contributed by atoms with Crippen LogP contribution in [-0.2, 0) is 14.3 Å². The molecule has 0 fully saturated rings. The number of rotatable bonds is 8. The summed E-state index contributed by atoms with van der Waals surface area (Å²) in [6.45, 7) is 2.07. The normalized spacial score (nSPS) is 15.7. The highest BCUT2D eigenvalue weighted by Crippen LogP contribution is 2.31. The average molecular weight is 453 g/mol. The number of anilines is 1. The number of carbonyl (C=O) groups excluding carboxylic acids is 3. The van der Waals surface area contributed by atoms with Gasteiger partial charge in [0.1, 0.15) is 12.4 Å². The van der Waals surface area contributed by atoms with Gasteiger partial charge in [-0.1, -0.05) is 18.2 Å². The highest BCUT2D eigenvalue weighted by Gasteiger charge is 2.35. The molecule has 33 heavy (non-hydrogen) atoms. The van der Waals surface area contributed by atoms with E-state index in [2.05, 4.69) is 10.6 Å². The summed E-state index contributed by atoms with van der Waals surface area (Å²) in [5, 5.41) is 5.65. The number of allylic oxidation sites excluding steroid dienone is 1. The lowest BCUT2D eigenvalue weighted by Gasteiger charge is -2.33. The van der Waals surface area contributed by atoms with E-state index in [1.54, 1.807) is 62.5 Å². The molecule has 0 aliphatic carbocycles. The van der Waals surface area contributed by atoms with Gasteiger partial charge in [-0.25, -0.2) is 9.59 Å². The van der Waals surface area contributed by atoms with E-state index >= 15 is 0 Å². The van der Waals surface area contributed by atoms with Gasteiger partial charge in [-0.2, -0.15) is 0 Å². The van der Waals surface area contributed by atoms with Gasteiger partial charge in [-0.15, -0.1) is 0 Å². The van der Waals surface area contributed by atoms with Crippen molar-refractivity contribution in [2.45, 2.75) is 13.0 Å². The molecule has 3 rings (SSSR count). The number of esters is 1. The van der Waals surface area contributed by atoms with Crippen molar-refractivity contribution in [3.8, 4) is 5.75 Å². The van der Waals surface area contributed by atoms with Crippen LogP contribution >= 0.6 is 0 Å². The molecule has 0 saturated carbocycles. The molecule has 2 aromatic carbocycles. The third kappa shape index (κ3) is 5.50. The molecular weight excluding hydrogens is 426 g/mol. The zero-order valence-corrected chi connectivity index (χ0v) is 19.0. The third-order valence-electron chi connectivity index (χ3n) is 5.33. The van der Waals surface area contributed by atoms with Crippen LogP contribution in [0, 0.1) is 0 Å². The molecule has 174 valence electrons. The predicted octanol–water partition coefficient (Wildman–Crippen LogP) is 3.11. The van der Waals surface area contributed by atoms with E-state index in [9.17, 15) is 14.4 Å². The smallest absolute Gasteiger partial charge is 0.338 e. The Labute approximate surface area is 192 Å². The van der Waals surface area contributed by atoms with Gasteiger partial charge in [0.05, 0.1) is 25.3 Å². The van der Waals surface area contributed by atoms with Gasteiger partial charge >= 0.3 is 12.0 Å². The van der Waals surface area contributed by atoms with E-state index in [1.807, 2.05) is 0 Å². The van der Waals surface area contributed by atoms with Crippen LogP contribution in [-0.4, -0.2) is 57.3 Å². The minimum absolute atomic E-state index is 0.103. The van der Waals surface area contributed by atoms with Crippen molar-refractivity contribution in [1.82, 2.24) is 10.2 Å². The summed E-state index contributed by atoms with van der Waals surface area (Å²) in [5.41, 5.74) is 2.54. The molecule has 0 saturated heterocycles. The highest BCUT2D eigenvalue weighted by molar-refractivity contribution is 6.04. The molecule has 2 aromatic rings. The van der Waals surface area contributed by atoms with E-state index in [0.29, 0.717) is 33.8 Å². The van der Waals surface area contributed by atoms with Gasteiger partial charge in [0, 0.05) is 31.1 Å². The SMILES string of the molecule is COCCOC(=O)C1=C(C)N(C)C(=O)NC1c1ccc(NC(=O)c2cccc(OC)c2)cc1. The molecule has 1 heterocycles. The Morgan fingerprint density at radius 3 is 2.48 bits per heavy atom. The van der Waals surface area contributed by atoms with Crippen molar-refractivity contribution in [1.29, 1.82) is 0 Å². The fraction of sp³-hybridized carbons (Fsp3) is 0.292. The first kappa shape index (κ1) is 23.8. The Balaban J connectivity index is 1.80. The molecule has 1 atom stereocenters. The quantitative estimate of drug-likeness (QED) is 0.470. The Morgan fingerprint density at radius 2 is 1.82 bits per heavy atom. The molecule has 1 unspecified atom stereocenters. The monoisotopic (exact) mass is 453 g/mol. The zero-order chi connectivity index (χ0) is 24.0. The molecule has 9 nitrogen and oxygen atoms in total. The number of amides is 3. The minimum Gasteiger partial charge on any atom is -0.497 e. The van der Waals surface area contributed by atoms with Crippen LogP contribution in [0.5, 0.6) is 5.75 Å². The van der Waals surface area contributed by atoms with Crippen LogP contribution in [0.15, 0.2) is 59.8 Å². The standard InChI is InChI=1S/C24H27N3O6/c1-15-20(23(29)33-13-12-31-3)21(26-24(30)27(15)2)16-8-10-18(11-9-16)25-22(28)17-6-5-7-19(14-17)32-4/h5-11,14,21H,12-13H2,1-4H3,(H,25,28)(H,26,30). The van der Waals surface area contributed by atoms with Crippen LogP contribution in [0.4, 0.5) is 10.5 Å². The van der Waals surface area contributed by atoms with E-state index in [-0.39, 0.29) is 25.2 Å². The summed E-state index contributed by atoms with van der Waals surface area (Å²) >= 11 is 0. The van der Waals surface area contributed by atoms with Gasteiger partial charge in [-0.05, 0) is 42.8 Å². The minimum atomic E-state index is -0.688. The molecule has 0 radical (unpaired) electrons. The van der Waals surface area contributed by atoms with E-state index in [1.165, 1.54) is 19.1 Å². The molecule has 2 N–H and O–H groups in total. The summed E-state index contributed by atoms with van der Waals surface area (Å²) in [5.74, 6) is -0.229. The number of methoxy groups -OCH3 is 2. The predicted molar refractivity (Wildman–Crippen MR) is 122 cm³/mol. The number of hydrogen-bond acceptors (Lipinski definition) is 6. The summed E-state index contributed by atoms with van der Waals surface area (Å²) < 4.78 is 15.4. The van der Waals surface area contributed by atoms with Gasteiger partial charge in [-0.3, -0.25) is 4.79 Å². The number of ether oxygens (including phenoxy) is 3. The summed E-state index contributed by atoms with van der Waals surface area (Å²) in [4.78, 5) is 39.1.